The van der Waals surface area contributed by atoms with E-state index >= 15 is 0 Å². The van der Waals surface area contributed by atoms with Gasteiger partial charge in [0.1, 0.15) is 5.69 Å². The number of hydrogen-bond acceptors (Lipinski definition) is 4. The van der Waals surface area contributed by atoms with Gasteiger partial charge in [0.15, 0.2) is 0 Å². The number of rotatable bonds is 5. The van der Waals surface area contributed by atoms with E-state index in [0.717, 1.165) is 11.3 Å². The molecule has 10 heteroatoms. The summed E-state index contributed by atoms with van der Waals surface area (Å²) in [6, 6.07) is 15.1. The van der Waals surface area contributed by atoms with Crippen LogP contribution in [-0.2, 0) is 12.7 Å². The van der Waals surface area contributed by atoms with Crippen molar-refractivity contribution < 1.29 is 18.0 Å². The summed E-state index contributed by atoms with van der Waals surface area (Å²) in [6.45, 7) is -0.416. The molecule has 0 aliphatic carbocycles. The number of aromatic nitrogens is 2. The number of nitrogens with zero attached hydrogens (tertiary/aromatic N) is 2. The molecule has 0 amide bonds. The largest absolute Gasteiger partial charge is 0.432 e. The molecule has 2 heterocycles. The van der Waals surface area contributed by atoms with Crippen LogP contribution in [0.25, 0.3) is 11.3 Å². The maximum Gasteiger partial charge on any atom is 0.432 e. The first-order valence-corrected chi connectivity index (χ1v) is 11.1. The molecule has 4 aromatic rings. The molecule has 0 spiro atoms. The van der Waals surface area contributed by atoms with Crippen LogP contribution in [0.1, 0.15) is 26.5 Å². The number of thiophene rings is 1. The minimum absolute atomic E-state index is 0.00423. The minimum atomic E-state index is -5.03. The van der Waals surface area contributed by atoms with E-state index in [1.165, 1.54) is 24.3 Å². The highest BCUT2D eigenvalue weighted by atomic mass is 35.5. The van der Waals surface area contributed by atoms with Crippen LogP contribution in [0, 0.1) is 0 Å². The number of carbonyl (C=O) groups excluding carboxylic acids is 1. The lowest BCUT2D eigenvalue weighted by atomic mass is 9.99. The summed E-state index contributed by atoms with van der Waals surface area (Å²) in [5.74, 6) is -0.910. The molecule has 0 fully saturated rings. The van der Waals surface area contributed by atoms with E-state index in [-0.39, 0.29) is 20.5 Å². The van der Waals surface area contributed by atoms with Crippen molar-refractivity contribution in [1.29, 1.82) is 0 Å². The molecule has 2 aromatic heterocycles. The van der Waals surface area contributed by atoms with Gasteiger partial charge in [0, 0.05) is 10.6 Å². The Morgan fingerprint density at radius 2 is 1.76 bits per heavy atom. The molecule has 4 rings (SSSR count). The second-order valence-electron chi connectivity index (χ2n) is 6.97. The Morgan fingerprint density at radius 3 is 2.36 bits per heavy atom. The van der Waals surface area contributed by atoms with Crippen molar-refractivity contribution in [2.75, 3.05) is 0 Å². The van der Waals surface area contributed by atoms with Gasteiger partial charge < -0.3 is 0 Å². The molecule has 0 atom stereocenters. The Balaban J connectivity index is 2.08. The number of carbonyl (C=O) groups is 1. The van der Waals surface area contributed by atoms with Gasteiger partial charge in [-0.25, -0.2) is 4.79 Å². The fourth-order valence-electron chi connectivity index (χ4n) is 3.38. The van der Waals surface area contributed by atoms with Crippen molar-refractivity contribution in [3.05, 3.63) is 108 Å². The van der Waals surface area contributed by atoms with E-state index in [1.54, 1.807) is 41.8 Å². The predicted molar refractivity (Wildman–Crippen MR) is 122 cm³/mol. The van der Waals surface area contributed by atoms with Crippen LogP contribution in [0.15, 0.2) is 70.8 Å². The molecule has 0 bridgehead atoms. The molecule has 0 saturated heterocycles. The van der Waals surface area contributed by atoms with Crippen molar-refractivity contribution in [1.82, 2.24) is 9.55 Å². The van der Waals surface area contributed by atoms with Crippen LogP contribution in [0.4, 0.5) is 13.2 Å². The second kappa shape index (κ2) is 9.13. The lowest BCUT2D eigenvalue weighted by Gasteiger charge is -2.21. The molecule has 0 aliphatic heterocycles. The Kier molecular flexibility index (Phi) is 6.43. The zero-order valence-corrected chi connectivity index (χ0v) is 18.9. The summed E-state index contributed by atoms with van der Waals surface area (Å²) in [5.41, 5.74) is -3.30. The zero-order chi connectivity index (χ0) is 23.8. The molecule has 0 saturated carbocycles. The fraction of sp³-hybridized carbons (Fsp3) is 0.0870. The third kappa shape index (κ3) is 4.73. The van der Waals surface area contributed by atoms with Gasteiger partial charge in [-0.15, -0.1) is 11.3 Å². The van der Waals surface area contributed by atoms with E-state index in [9.17, 15) is 22.8 Å². The molecular weight excluding hydrogens is 496 g/mol. The van der Waals surface area contributed by atoms with Crippen LogP contribution in [0.3, 0.4) is 0 Å². The van der Waals surface area contributed by atoms with E-state index in [0.29, 0.717) is 10.1 Å². The van der Waals surface area contributed by atoms with E-state index in [1.807, 2.05) is 0 Å². The fourth-order valence-corrected chi connectivity index (χ4v) is 4.55. The molecule has 33 heavy (non-hydrogen) atoms. The normalized spacial score (nSPS) is 11.5. The van der Waals surface area contributed by atoms with Gasteiger partial charge >= 0.3 is 11.9 Å². The van der Waals surface area contributed by atoms with Crippen molar-refractivity contribution >= 4 is 40.3 Å². The van der Waals surface area contributed by atoms with Gasteiger partial charge in [-0.05, 0) is 35.2 Å². The van der Waals surface area contributed by atoms with Crippen molar-refractivity contribution in [2.45, 2.75) is 12.7 Å². The number of ketones is 1. The quantitative estimate of drug-likeness (QED) is 0.286. The molecule has 0 aliphatic rings. The molecular formula is C23H13Cl2F3N2O2S. The van der Waals surface area contributed by atoms with E-state index in [2.05, 4.69) is 4.98 Å². The SMILES string of the molecule is O=C(c1cccs1)c1c(-c2ccc(Cl)cc2Cl)nc(=O)n(Cc2ccccc2)c1C(F)(F)F. The highest BCUT2D eigenvalue weighted by molar-refractivity contribution is 7.12. The minimum Gasteiger partial charge on any atom is -0.288 e. The second-order valence-corrected chi connectivity index (χ2v) is 8.76. The Morgan fingerprint density at radius 1 is 1.03 bits per heavy atom. The average Bonchev–Trinajstić information content (AvgIpc) is 3.29. The summed E-state index contributed by atoms with van der Waals surface area (Å²) in [6.07, 6.45) is -5.03. The monoisotopic (exact) mass is 508 g/mol. The van der Waals surface area contributed by atoms with Gasteiger partial charge in [-0.2, -0.15) is 18.2 Å². The highest BCUT2D eigenvalue weighted by Gasteiger charge is 2.42. The molecule has 2 aromatic carbocycles. The van der Waals surface area contributed by atoms with Crippen molar-refractivity contribution in [2.24, 2.45) is 0 Å². The lowest BCUT2D eigenvalue weighted by molar-refractivity contribution is -0.144. The molecule has 0 N–H and O–H groups in total. The topological polar surface area (TPSA) is 52.0 Å². The lowest BCUT2D eigenvalue weighted by Crippen LogP contribution is -2.34. The van der Waals surface area contributed by atoms with Crippen LogP contribution in [0.2, 0.25) is 10.0 Å². The van der Waals surface area contributed by atoms with Crippen LogP contribution in [-0.4, -0.2) is 15.3 Å². The average molecular weight is 509 g/mol. The van der Waals surface area contributed by atoms with Gasteiger partial charge in [-0.1, -0.05) is 59.6 Å². The summed E-state index contributed by atoms with van der Waals surface area (Å²) in [4.78, 5) is 30.2. The molecule has 4 nitrogen and oxygen atoms in total. The number of hydrogen-bond donors (Lipinski definition) is 0. The highest BCUT2D eigenvalue weighted by Crippen LogP contribution is 2.39. The van der Waals surface area contributed by atoms with Crippen molar-refractivity contribution in [3.63, 3.8) is 0 Å². The summed E-state index contributed by atoms with van der Waals surface area (Å²) >= 11 is 13.1. The first-order valence-electron chi connectivity index (χ1n) is 9.46. The third-order valence-electron chi connectivity index (χ3n) is 4.79. The number of halogens is 5. The first kappa shape index (κ1) is 23.2. The van der Waals surface area contributed by atoms with E-state index in [4.69, 9.17) is 23.2 Å². The van der Waals surface area contributed by atoms with Gasteiger partial charge in [0.2, 0.25) is 5.78 Å². The predicted octanol–water partition coefficient (Wildman–Crippen LogP) is 6.58. The Bertz CT molecular complexity index is 1390. The van der Waals surface area contributed by atoms with E-state index < -0.39 is 41.1 Å². The van der Waals surface area contributed by atoms with Gasteiger partial charge in [0.05, 0.1) is 27.7 Å². The standard InChI is InChI=1S/C23H13Cl2F3N2O2S/c24-14-8-9-15(16(25)11-14)19-18(20(31)17-7-4-10-33-17)21(23(26,27)28)30(22(32)29-19)12-13-5-2-1-3-6-13/h1-11H,12H2. The van der Waals surface area contributed by atoms with Crippen LogP contribution < -0.4 is 5.69 Å². The van der Waals surface area contributed by atoms with Gasteiger partial charge in [0.25, 0.3) is 0 Å². The maximum atomic E-state index is 14.5. The smallest absolute Gasteiger partial charge is 0.288 e. The maximum absolute atomic E-state index is 14.5. The van der Waals surface area contributed by atoms with Crippen molar-refractivity contribution in [3.8, 4) is 11.3 Å². The third-order valence-corrected chi connectivity index (χ3v) is 6.21. The molecule has 0 radical (unpaired) electrons. The molecule has 168 valence electrons. The van der Waals surface area contributed by atoms with Crippen LogP contribution in [0.5, 0.6) is 0 Å². The summed E-state index contributed by atoms with van der Waals surface area (Å²) in [5, 5.41) is 1.77. The van der Waals surface area contributed by atoms with Crippen LogP contribution >= 0.6 is 34.5 Å². The molecule has 0 unspecified atom stereocenters. The zero-order valence-electron chi connectivity index (χ0n) is 16.6. The summed E-state index contributed by atoms with van der Waals surface area (Å²) < 4.78 is 43.9. The number of alkyl halides is 3. The summed E-state index contributed by atoms with van der Waals surface area (Å²) in [7, 11) is 0. The number of benzene rings is 2. The van der Waals surface area contributed by atoms with Gasteiger partial charge in [-0.3, -0.25) is 9.36 Å². The Labute approximate surface area is 199 Å². The Hall–Kier alpha value is -2.94. The first-order chi connectivity index (χ1) is 15.7.